The molecule has 0 atom stereocenters. The Hall–Kier alpha value is -1.23. The third kappa shape index (κ3) is 0.522. The van der Waals surface area contributed by atoms with E-state index in [9.17, 15) is 0 Å². The highest BCUT2D eigenvalue weighted by atomic mass is 32.1. The maximum absolute atomic E-state index is 8.99. The van der Waals surface area contributed by atoms with Crippen LogP contribution in [0.1, 0.15) is 0 Å². The molecule has 2 heterocycles. The monoisotopic (exact) mass is 157 g/mol. The van der Waals surface area contributed by atoms with E-state index in [-0.39, 0.29) is 17.2 Å². The van der Waals surface area contributed by atoms with Crippen molar-refractivity contribution in [2.45, 2.75) is 0 Å². The van der Waals surface area contributed by atoms with Crippen LogP contribution >= 0.6 is 11.3 Å². The predicted molar refractivity (Wildman–Crippen MR) is 35.2 cm³/mol. The van der Waals surface area contributed by atoms with Gasteiger partial charge in [0.25, 0.3) is 5.88 Å². The predicted octanol–water partition coefficient (Wildman–Crippen LogP) is 1.30. The van der Waals surface area contributed by atoms with E-state index >= 15 is 0 Å². The number of thiophene rings is 1. The molecule has 0 saturated carbocycles. The molecule has 0 aliphatic heterocycles. The number of aromatic hydroxyl groups is 2. The zero-order valence-electron chi connectivity index (χ0n) is 4.74. The molecule has 4 nitrogen and oxygen atoms in total. The van der Waals surface area contributed by atoms with Gasteiger partial charge in [-0.25, -0.2) is 0 Å². The Labute approximate surface area is 59.3 Å². The summed E-state index contributed by atoms with van der Waals surface area (Å²) in [4.78, 5) is 0. The van der Waals surface area contributed by atoms with Crippen molar-refractivity contribution in [2.75, 3.05) is 0 Å². The van der Waals surface area contributed by atoms with Crippen molar-refractivity contribution in [1.82, 2.24) is 5.16 Å². The number of fused-ring (bicyclic) bond motifs is 1. The SMILES string of the molecule is Oc1csc2c(O)noc12. The van der Waals surface area contributed by atoms with Crippen LogP contribution in [0.25, 0.3) is 10.3 Å². The number of hydrogen-bond acceptors (Lipinski definition) is 5. The van der Waals surface area contributed by atoms with Gasteiger partial charge in [-0.15, -0.1) is 11.3 Å². The second kappa shape index (κ2) is 1.63. The van der Waals surface area contributed by atoms with Crippen LogP contribution < -0.4 is 0 Å². The number of nitrogens with zero attached hydrogens (tertiary/aromatic N) is 1. The van der Waals surface area contributed by atoms with Gasteiger partial charge in [0.05, 0.1) is 0 Å². The average molecular weight is 157 g/mol. The minimum absolute atomic E-state index is 0.0211. The third-order valence-electron chi connectivity index (χ3n) is 1.15. The van der Waals surface area contributed by atoms with Crippen molar-refractivity contribution >= 4 is 21.6 Å². The van der Waals surface area contributed by atoms with E-state index in [1.807, 2.05) is 0 Å². The Kier molecular flexibility index (Phi) is 0.906. The molecule has 0 aromatic carbocycles. The average Bonchev–Trinajstić information content (AvgIpc) is 2.41. The van der Waals surface area contributed by atoms with Gasteiger partial charge in [-0.05, 0) is 5.16 Å². The van der Waals surface area contributed by atoms with E-state index in [0.717, 1.165) is 0 Å². The van der Waals surface area contributed by atoms with Gasteiger partial charge >= 0.3 is 0 Å². The fourth-order valence-electron chi connectivity index (χ4n) is 0.711. The Bertz CT molecular complexity index is 328. The first-order valence-electron chi connectivity index (χ1n) is 2.54. The van der Waals surface area contributed by atoms with Crippen molar-refractivity contribution in [3.63, 3.8) is 0 Å². The smallest absolute Gasteiger partial charge is 0.270 e. The molecule has 52 valence electrons. The second-order valence-corrected chi connectivity index (χ2v) is 2.67. The Morgan fingerprint density at radius 1 is 1.50 bits per heavy atom. The molecule has 2 N–H and O–H groups in total. The highest BCUT2D eigenvalue weighted by Crippen LogP contribution is 2.36. The summed E-state index contributed by atoms with van der Waals surface area (Å²) in [5.41, 5.74) is 0.252. The molecule has 0 saturated heterocycles. The van der Waals surface area contributed by atoms with Crippen LogP contribution in [0.3, 0.4) is 0 Å². The largest absolute Gasteiger partial charge is 0.504 e. The standard InChI is InChI=1S/C5H3NO3S/c7-2-1-10-4-3(2)9-6-5(4)8/h1,7H,(H,6,8). The highest BCUT2D eigenvalue weighted by molar-refractivity contribution is 7.17. The maximum Gasteiger partial charge on any atom is 0.270 e. The first kappa shape index (κ1) is 5.55. The summed E-state index contributed by atoms with van der Waals surface area (Å²) in [7, 11) is 0. The van der Waals surface area contributed by atoms with Gasteiger partial charge < -0.3 is 14.7 Å². The van der Waals surface area contributed by atoms with Crippen molar-refractivity contribution in [3.05, 3.63) is 5.38 Å². The van der Waals surface area contributed by atoms with Crippen LogP contribution in [-0.4, -0.2) is 15.4 Å². The normalized spacial score (nSPS) is 10.8. The van der Waals surface area contributed by atoms with Crippen molar-refractivity contribution in [2.24, 2.45) is 0 Å². The lowest BCUT2D eigenvalue weighted by Gasteiger charge is -1.73. The molecule has 0 bridgehead atoms. The summed E-state index contributed by atoms with van der Waals surface area (Å²) >= 11 is 1.19. The molecule has 2 aromatic rings. The summed E-state index contributed by atoms with van der Waals surface area (Å²) in [5.74, 6) is -0.145. The van der Waals surface area contributed by atoms with Gasteiger partial charge in [-0.1, -0.05) is 0 Å². The fraction of sp³-hybridized carbons (Fsp3) is 0. The zero-order valence-corrected chi connectivity index (χ0v) is 5.55. The number of rotatable bonds is 0. The van der Waals surface area contributed by atoms with Gasteiger partial charge in [0.15, 0.2) is 5.75 Å². The van der Waals surface area contributed by atoms with Crippen LogP contribution in [0.5, 0.6) is 11.6 Å². The molecular weight excluding hydrogens is 154 g/mol. The van der Waals surface area contributed by atoms with Crippen molar-refractivity contribution < 1.29 is 14.7 Å². The van der Waals surface area contributed by atoms with Crippen LogP contribution in [0, 0.1) is 0 Å². The van der Waals surface area contributed by atoms with Crippen molar-refractivity contribution in [3.8, 4) is 11.6 Å². The lowest BCUT2D eigenvalue weighted by molar-refractivity contribution is 0.369. The second-order valence-electron chi connectivity index (χ2n) is 1.79. The molecule has 0 aliphatic carbocycles. The van der Waals surface area contributed by atoms with Gasteiger partial charge in [0.2, 0.25) is 5.58 Å². The van der Waals surface area contributed by atoms with E-state index in [0.29, 0.717) is 4.70 Å². The lowest BCUT2D eigenvalue weighted by Crippen LogP contribution is -1.54. The fourth-order valence-corrected chi connectivity index (χ4v) is 1.44. The van der Waals surface area contributed by atoms with Gasteiger partial charge in [0, 0.05) is 5.38 Å². The van der Waals surface area contributed by atoms with E-state index in [2.05, 4.69) is 9.68 Å². The first-order chi connectivity index (χ1) is 4.79. The first-order valence-corrected chi connectivity index (χ1v) is 3.42. The Morgan fingerprint density at radius 2 is 2.30 bits per heavy atom. The molecular formula is C5H3NO3S. The van der Waals surface area contributed by atoms with Crippen LogP contribution in [0.4, 0.5) is 0 Å². The quantitative estimate of drug-likeness (QED) is 0.604. The van der Waals surface area contributed by atoms with Gasteiger partial charge in [-0.2, -0.15) is 0 Å². The minimum atomic E-state index is -0.166. The molecule has 5 heteroatoms. The molecule has 0 aliphatic rings. The summed E-state index contributed by atoms with van der Waals surface area (Å²) in [5, 5.41) is 22.6. The van der Waals surface area contributed by atoms with Crippen LogP contribution in [-0.2, 0) is 0 Å². The summed E-state index contributed by atoms with van der Waals surface area (Å²) in [6.07, 6.45) is 0. The van der Waals surface area contributed by atoms with Gasteiger partial charge in [-0.3, -0.25) is 0 Å². The molecule has 2 rings (SSSR count). The summed E-state index contributed by atoms with van der Waals surface area (Å²) < 4.78 is 5.06. The molecule has 10 heavy (non-hydrogen) atoms. The molecule has 0 radical (unpaired) electrons. The van der Waals surface area contributed by atoms with Crippen molar-refractivity contribution in [1.29, 1.82) is 0 Å². The van der Waals surface area contributed by atoms with E-state index in [1.54, 1.807) is 0 Å². The summed E-state index contributed by atoms with van der Waals surface area (Å²) in [6.45, 7) is 0. The molecule has 0 amide bonds. The van der Waals surface area contributed by atoms with Crippen LogP contribution in [0.15, 0.2) is 9.90 Å². The lowest BCUT2D eigenvalue weighted by atomic mass is 10.5. The van der Waals surface area contributed by atoms with E-state index in [4.69, 9.17) is 10.2 Å². The minimum Gasteiger partial charge on any atom is -0.504 e. The zero-order chi connectivity index (χ0) is 7.14. The Balaban J connectivity index is 2.95. The molecule has 0 spiro atoms. The molecule has 0 fully saturated rings. The summed E-state index contributed by atoms with van der Waals surface area (Å²) in [6, 6.07) is 0. The number of aromatic nitrogens is 1. The van der Waals surface area contributed by atoms with Gasteiger partial charge in [0.1, 0.15) is 4.70 Å². The molecule has 2 aromatic heterocycles. The Morgan fingerprint density at radius 3 is 3.00 bits per heavy atom. The molecule has 0 unspecified atom stereocenters. The van der Waals surface area contributed by atoms with Crippen LogP contribution in [0.2, 0.25) is 0 Å². The topological polar surface area (TPSA) is 66.5 Å². The maximum atomic E-state index is 8.99. The van der Waals surface area contributed by atoms with E-state index in [1.165, 1.54) is 16.7 Å². The third-order valence-corrected chi connectivity index (χ3v) is 2.10. The highest BCUT2D eigenvalue weighted by Gasteiger charge is 2.12. The number of hydrogen-bond donors (Lipinski definition) is 2. The van der Waals surface area contributed by atoms with E-state index < -0.39 is 0 Å².